The summed E-state index contributed by atoms with van der Waals surface area (Å²) in [4.78, 5) is 24.3. The zero-order valence-electron chi connectivity index (χ0n) is 10.1. The van der Waals surface area contributed by atoms with Gasteiger partial charge in [-0.3, -0.25) is 14.9 Å². The predicted molar refractivity (Wildman–Crippen MR) is 72.9 cm³/mol. The van der Waals surface area contributed by atoms with Gasteiger partial charge in [0, 0.05) is 19.2 Å². The van der Waals surface area contributed by atoms with Gasteiger partial charge in [0.05, 0.1) is 15.0 Å². The summed E-state index contributed by atoms with van der Waals surface area (Å²) in [6.07, 6.45) is 2.91. The van der Waals surface area contributed by atoms with Crippen LogP contribution >= 0.6 is 23.2 Å². The molecule has 1 aromatic rings. The van der Waals surface area contributed by atoms with E-state index in [4.69, 9.17) is 23.2 Å². The van der Waals surface area contributed by atoms with Crippen LogP contribution in [0, 0.1) is 10.1 Å². The van der Waals surface area contributed by atoms with E-state index in [1.807, 2.05) is 0 Å². The normalized spacial score (nSPS) is 15.4. The highest BCUT2D eigenvalue weighted by Crippen LogP contribution is 2.31. The van der Waals surface area contributed by atoms with E-state index in [0.717, 1.165) is 25.3 Å². The highest BCUT2D eigenvalue weighted by atomic mass is 35.5. The molecule has 0 atom stereocenters. The molecule has 5 nitrogen and oxygen atoms in total. The average molecular weight is 303 g/mol. The molecule has 1 aliphatic heterocycles. The lowest BCUT2D eigenvalue weighted by Gasteiger charge is -2.26. The van der Waals surface area contributed by atoms with E-state index < -0.39 is 4.92 Å². The topological polar surface area (TPSA) is 63.4 Å². The molecule has 19 heavy (non-hydrogen) atoms. The van der Waals surface area contributed by atoms with Gasteiger partial charge in [0.25, 0.3) is 11.6 Å². The molecule has 1 saturated heterocycles. The first-order valence-corrected chi connectivity index (χ1v) is 6.69. The summed E-state index contributed by atoms with van der Waals surface area (Å²) in [6, 6.07) is 2.40. The van der Waals surface area contributed by atoms with Crippen LogP contribution in [0.15, 0.2) is 12.1 Å². The fourth-order valence-corrected chi connectivity index (χ4v) is 2.45. The Morgan fingerprint density at radius 3 is 2.32 bits per heavy atom. The maximum Gasteiger partial charge on any atom is 0.283 e. The fraction of sp³-hybridized carbons (Fsp3) is 0.417. The van der Waals surface area contributed by atoms with Crippen molar-refractivity contribution in [1.82, 2.24) is 4.90 Å². The molecular weight excluding hydrogens is 291 g/mol. The maximum atomic E-state index is 12.3. The van der Waals surface area contributed by atoms with Gasteiger partial charge in [-0.15, -0.1) is 0 Å². The minimum absolute atomic E-state index is 0.00120. The van der Waals surface area contributed by atoms with E-state index >= 15 is 0 Å². The van der Waals surface area contributed by atoms with Crippen molar-refractivity contribution in [2.75, 3.05) is 13.1 Å². The highest BCUT2D eigenvalue weighted by Gasteiger charge is 2.27. The van der Waals surface area contributed by atoms with E-state index in [1.54, 1.807) is 4.90 Å². The van der Waals surface area contributed by atoms with Crippen LogP contribution in [0.3, 0.4) is 0 Å². The molecule has 0 saturated carbocycles. The Morgan fingerprint density at radius 1 is 1.16 bits per heavy atom. The van der Waals surface area contributed by atoms with E-state index in [9.17, 15) is 14.9 Å². The van der Waals surface area contributed by atoms with Crippen LogP contribution in [-0.4, -0.2) is 28.8 Å². The number of benzene rings is 1. The minimum Gasteiger partial charge on any atom is -0.338 e. The third-order valence-corrected chi connectivity index (χ3v) is 3.83. The van der Waals surface area contributed by atoms with Crippen LogP contribution in [0.25, 0.3) is 0 Å². The number of hydrogen-bond donors (Lipinski definition) is 0. The summed E-state index contributed by atoms with van der Waals surface area (Å²) in [5, 5.41) is 11.2. The molecule has 1 aliphatic rings. The van der Waals surface area contributed by atoms with Crippen molar-refractivity contribution >= 4 is 34.8 Å². The molecule has 0 spiro atoms. The first kappa shape index (κ1) is 14.1. The third kappa shape index (κ3) is 2.98. The Bertz CT molecular complexity index is 528. The molecule has 102 valence electrons. The van der Waals surface area contributed by atoms with Crippen molar-refractivity contribution in [1.29, 1.82) is 0 Å². The van der Waals surface area contributed by atoms with Gasteiger partial charge < -0.3 is 4.90 Å². The molecule has 1 amide bonds. The Kier molecular flexibility index (Phi) is 4.27. The van der Waals surface area contributed by atoms with Gasteiger partial charge in [-0.1, -0.05) is 23.2 Å². The van der Waals surface area contributed by atoms with Crippen molar-refractivity contribution in [3.8, 4) is 0 Å². The standard InChI is InChI=1S/C12H12Cl2N2O3/c13-9-6-8(11(16(18)19)7-10(9)14)12(17)15-4-2-1-3-5-15/h6-7H,1-5H2. The molecule has 7 heteroatoms. The summed E-state index contributed by atoms with van der Waals surface area (Å²) in [6.45, 7) is 1.24. The van der Waals surface area contributed by atoms with Crippen LogP contribution in [-0.2, 0) is 0 Å². The first-order valence-electron chi connectivity index (χ1n) is 5.93. The number of nitrogens with zero attached hydrogens (tertiary/aromatic N) is 2. The van der Waals surface area contributed by atoms with Gasteiger partial charge >= 0.3 is 0 Å². The quantitative estimate of drug-likeness (QED) is 0.620. The summed E-state index contributed by atoms with van der Waals surface area (Å²) < 4.78 is 0. The number of rotatable bonds is 2. The summed E-state index contributed by atoms with van der Waals surface area (Å²) in [5.41, 5.74) is -0.300. The number of likely N-dealkylation sites (tertiary alicyclic amines) is 1. The smallest absolute Gasteiger partial charge is 0.283 e. The molecule has 2 rings (SSSR count). The summed E-state index contributed by atoms with van der Waals surface area (Å²) >= 11 is 11.6. The molecule has 0 radical (unpaired) electrons. The SMILES string of the molecule is O=C(c1cc(Cl)c(Cl)cc1[N+](=O)[O-])N1CCCCC1. The Labute approximate surface area is 120 Å². The number of nitro groups is 1. The molecule has 1 fully saturated rings. The lowest BCUT2D eigenvalue weighted by Crippen LogP contribution is -2.35. The number of carbonyl (C=O) groups is 1. The second kappa shape index (κ2) is 5.75. The van der Waals surface area contributed by atoms with Gasteiger partial charge in [0.2, 0.25) is 0 Å². The van der Waals surface area contributed by atoms with Gasteiger partial charge in [-0.25, -0.2) is 0 Å². The lowest BCUT2D eigenvalue weighted by atomic mass is 10.1. The van der Waals surface area contributed by atoms with Crippen LogP contribution in [0.2, 0.25) is 10.0 Å². The maximum absolute atomic E-state index is 12.3. The van der Waals surface area contributed by atoms with Crippen LogP contribution in [0.5, 0.6) is 0 Å². The van der Waals surface area contributed by atoms with E-state index in [2.05, 4.69) is 0 Å². The van der Waals surface area contributed by atoms with E-state index in [0.29, 0.717) is 13.1 Å². The fourth-order valence-electron chi connectivity index (χ4n) is 2.13. The number of hydrogen-bond acceptors (Lipinski definition) is 3. The van der Waals surface area contributed by atoms with Crippen molar-refractivity contribution in [2.45, 2.75) is 19.3 Å². The predicted octanol–water partition coefficient (Wildman–Crippen LogP) is 3.53. The molecule has 0 bridgehead atoms. The molecule has 0 aromatic heterocycles. The Hall–Kier alpha value is -1.33. The zero-order valence-corrected chi connectivity index (χ0v) is 11.6. The number of amides is 1. The molecule has 0 unspecified atom stereocenters. The summed E-state index contributed by atoms with van der Waals surface area (Å²) in [7, 11) is 0. The number of halogens is 2. The average Bonchev–Trinajstić information content (AvgIpc) is 2.41. The minimum atomic E-state index is -0.612. The number of piperidine rings is 1. The van der Waals surface area contributed by atoms with Gasteiger partial charge in [-0.05, 0) is 25.3 Å². The largest absolute Gasteiger partial charge is 0.338 e. The highest BCUT2D eigenvalue weighted by molar-refractivity contribution is 6.42. The van der Waals surface area contributed by atoms with Crippen molar-refractivity contribution in [3.63, 3.8) is 0 Å². The van der Waals surface area contributed by atoms with Crippen molar-refractivity contribution < 1.29 is 9.72 Å². The molecular formula is C12H12Cl2N2O3. The molecule has 0 N–H and O–H groups in total. The number of nitro benzene ring substituents is 1. The second-order valence-corrected chi connectivity index (χ2v) is 5.21. The first-order chi connectivity index (χ1) is 9.00. The monoisotopic (exact) mass is 302 g/mol. The van der Waals surface area contributed by atoms with Gasteiger partial charge in [0.15, 0.2) is 0 Å². The van der Waals surface area contributed by atoms with E-state index in [1.165, 1.54) is 6.07 Å². The van der Waals surface area contributed by atoms with Crippen LogP contribution < -0.4 is 0 Å². The van der Waals surface area contributed by atoms with Crippen LogP contribution in [0.1, 0.15) is 29.6 Å². The van der Waals surface area contributed by atoms with Crippen molar-refractivity contribution in [2.24, 2.45) is 0 Å². The van der Waals surface area contributed by atoms with Gasteiger partial charge in [-0.2, -0.15) is 0 Å². The molecule has 1 heterocycles. The van der Waals surface area contributed by atoms with E-state index in [-0.39, 0.29) is 27.2 Å². The Morgan fingerprint density at radius 2 is 1.74 bits per heavy atom. The van der Waals surface area contributed by atoms with Crippen LogP contribution in [0.4, 0.5) is 5.69 Å². The lowest BCUT2D eigenvalue weighted by molar-refractivity contribution is -0.385. The van der Waals surface area contributed by atoms with Gasteiger partial charge in [0.1, 0.15) is 5.56 Å². The molecule has 1 aromatic carbocycles. The van der Waals surface area contributed by atoms with Crippen molar-refractivity contribution in [3.05, 3.63) is 37.9 Å². The number of carbonyl (C=O) groups excluding carboxylic acids is 1. The molecule has 0 aliphatic carbocycles. The second-order valence-electron chi connectivity index (χ2n) is 4.39. The third-order valence-electron chi connectivity index (χ3n) is 3.11. The summed E-state index contributed by atoms with van der Waals surface area (Å²) in [5.74, 6) is -0.357. The Balaban J connectivity index is 2.39. The zero-order chi connectivity index (χ0) is 14.0.